The predicted molar refractivity (Wildman–Crippen MR) is 91.5 cm³/mol. The molecule has 1 aromatic rings. The molecule has 1 aromatic heterocycles. The van der Waals surface area contributed by atoms with Gasteiger partial charge in [0.2, 0.25) is 6.33 Å². The first-order valence-electron chi connectivity index (χ1n) is 8.53. The van der Waals surface area contributed by atoms with E-state index in [0.29, 0.717) is 52.9 Å². The number of methoxy groups -OCH3 is 2. The summed E-state index contributed by atoms with van der Waals surface area (Å²) in [5.41, 5.74) is 0. The second-order valence-electron chi connectivity index (χ2n) is 5.20. The van der Waals surface area contributed by atoms with Gasteiger partial charge in [0, 0.05) is 20.2 Å². The second-order valence-corrected chi connectivity index (χ2v) is 5.20. The zero-order valence-corrected chi connectivity index (χ0v) is 16.1. The molecule has 0 amide bonds. The van der Waals surface area contributed by atoms with Crippen LogP contribution >= 0.6 is 0 Å². The summed E-state index contributed by atoms with van der Waals surface area (Å²) in [4.78, 5) is 8.89. The number of hydrogen-bond donors (Lipinski definition) is 0. The molecule has 0 unspecified atom stereocenters. The number of aliphatic carboxylic acids is 1. The standard InChI is InChI=1S/C15H29N2O5.C2H4O2/c1-18-9-11-20-7-5-16-3-4-17(15-16)6-8-21-13-14-22-12-10-19-2;1-2(3)4/h3-4,15H,5-14H2,1-2H3;1H3,(H,3,4)/q+1;/p-1. The van der Waals surface area contributed by atoms with E-state index >= 15 is 0 Å². The minimum atomic E-state index is -1.08. The van der Waals surface area contributed by atoms with Crippen LogP contribution in [0.25, 0.3) is 0 Å². The Hall–Kier alpha value is -1.52. The van der Waals surface area contributed by atoms with Crippen molar-refractivity contribution in [2.75, 3.05) is 67.1 Å². The number of carbonyl (C=O) groups excluding carboxylic acids is 1. The van der Waals surface area contributed by atoms with Gasteiger partial charge in [-0.15, -0.1) is 0 Å². The highest BCUT2D eigenvalue weighted by molar-refractivity contribution is 5.60. The lowest BCUT2D eigenvalue weighted by atomic mass is 10.6. The monoisotopic (exact) mass is 376 g/mol. The Kier molecular flexibility index (Phi) is 17.2. The van der Waals surface area contributed by atoms with Crippen molar-refractivity contribution in [3.63, 3.8) is 0 Å². The Bertz CT molecular complexity index is 437. The van der Waals surface area contributed by atoms with Crippen molar-refractivity contribution < 1.29 is 38.2 Å². The van der Waals surface area contributed by atoms with Crippen LogP contribution in [-0.2, 0) is 41.6 Å². The number of ether oxygens (including phenoxy) is 5. The zero-order chi connectivity index (χ0) is 19.5. The highest BCUT2D eigenvalue weighted by atomic mass is 16.5. The highest BCUT2D eigenvalue weighted by Gasteiger charge is 2.03. The molecule has 0 atom stereocenters. The van der Waals surface area contributed by atoms with Crippen molar-refractivity contribution in [2.45, 2.75) is 20.0 Å². The van der Waals surface area contributed by atoms with E-state index in [0.717, 1.165) is 20.0 Å². The molecule has 0 fully saturated rings. The first-order valence-corrected chi connectivity index (χ1v) is 8.53. The molecule has 0 aliphatic rings. The van der Waals surface area contributed by atoms with Crippen molar-refractivity contribution in [1.29, 1.82) is 0 Å². The van der Waals surface area contributed by atoms with E-state index in [-0.39, 0.29) is 0 Å². The molecule has 152 valence electrons. The number of carboxylic acids is 1. The fraction of sp³-hybridized carbons (Fsp3) is 0.765. The average Bonchev–Trinajstić information content (AvgIpc) is 3.04. The van der Waals surface area contributed by atoms with Gasteiger partial charge in [0.1, 0.15) is 25.5 Å². The predicted octanol–water partition coefficient (Wildman–Crippen LogP) is -1.13. The minimum Gasteiger partial charge on any atom is -0.550 e. The average molecular weight is 376 g/mol. The lowest BCUT2D eigenvalue weighted by Crippen LogP contribution is -2.34. The maximum absolute atomic E-state index is 8.89. The van der Waals surface area contributed by atoms with Gasteiger partial charge in [-0.2, -0.15) is 0 Å². The topological polar surface area (TPSA) is 95.1 Å². The molecule has 0 spiro atoms. The molecular formula is C17H32N2O7. The Labute approximate surface area is 155 Å². The molecule has 0 bridgehead atoms. The number of carboxylic acid groups (broad SMARTS) is 1. The molecule has 0 aliphatic carbocycles. The number of imidazole rings is 1. The third-order valence-corrected chi connectivity index (χ3v) is 2.97. The fourth-order valence-corrected chi connectivity index (χ4v) is 1.75. The number of aromatic nitrogens is 2. The molecule has 0 saturated carbocycles. The quantitative estimate of drug-likeness (QED) is 0.282. The highest BCUT2D eigenvalue weighted by Crippen LogP contribution is 1.88. The lowest BCUT2D eigenvalue weighted by Gasteiger charge is -2.04. The van der Waals surface area contributed by atoms with Crippen LogP contribution in [0.3, 0.4) is 0 Å². The van der Waals surface area contributed by atoms with Crippen molar-refractivity contribution in [3.05, 3.63) is 18.7 Å². The van der Waals surface area contributed by atoms with Crippen LogP contribution in [0.1, 0.15) is 6.92 Å². The first kappa shape index (κ1) is 24.5. The molecular weight excluding hydrogens is 344 g/mol. The van der Waals surface area contributed by atoms with Crippen LogP contribution in [-0.4, -0.2) is 77.6 Å². The molecule has 9 heteroatoms. The molecule has 0 saturated heterocycles. The van der Waals surface area contributed by atoms with E-state index in [1.807, 2.05) is 12.4 Å². The van der Waals surface area contributed by atoms with E-state index < -0.39 is 5.97 Å². The molecule has 0 N–H and O–H groups in total. The van der Waals surface area contributed by atoms with E-state index in [4.69, 9.17) is 33.6 Å². The van der Waals surface area contributed by atoms with Gasteiger partial charge in [-0.1, -0.05) is 0 Å². The normalized spacial score (nSPS) is 10.4. The maximum atomic E-state index is 8.89. The Balaban J connectivity index is 0.00000141. The Morgan fingerprint density at radius 2 is 1.42 bits per heavy atom. The number of carbonyl (C=O) groups is 1. The summed E-state index contributed by atoms with van der Waals surface area (Å²) in [5.74, 6) is -1.08. The van der Waals surface area contributed by atoms with Crippen LogP contribution in [0.5, 0.6) is 0 Å². The van der Waals surface area contributed by atoms with Crippen LogP contribution in [0.4, 0.5) is 0 Å². The largest absolute Gasteiger partial charge is 0.550 e. The molecule has 26 heavy (non-hydrogen) atoms. The Morgan fingerprint density at radius 1 is 0.923 bits per heavy atom. The third-order valence-electron chi connectivity index (χ3n) is 2.97. The van der Waals surface area contributed by atoms with Crippen molar-refractivity contribution >= 4 is 5.97 Å². The van der Waals surface area contributed by atoms with E-state index in [9.17, 15) is 0 Å². The van der Waals surface area contributed by atoms with E-state index in [1.54, 1.807) is 14.2 Å². The molecule has 0 radical (unpaired) electrons. The van der Waals surface area contributed by atoms with Crippen molar-refractivity contribution in [2.24, 2.45) is 0 Å². The van der Waals surface area contributed by atoms with Gasteiger partial charge in [0.25, 0.3) is 0 Å². The van der Waals surface area contributed by atoms with E-state index in [1.165, 1.54) is 0 Å². The van der Waals surface area contributed by atoms with Crippen LogP contribution in [0, 0.1) is 0 Å². The minimum absolute atomic E-state index is 0.605. The third kappa shape index (κ3) is 17.3. The molecule has 0 aliphatic heterocycles. The van der Waals surface area contributed by atoms with Gasteiger partial charge in [-0.05, 0) is 6.92 Å². The fourth-order valence-electron chi connectivity index (χ4n) is 1.75. The first-order chi connectivity index (χ1) is 12.6. The number of rotatable bonds is 15. The summed E-state index contributed by atoms with van der Waals surface area (Å²) >= 11 is 0. The summed E-state index contributed by atoms with van der Waals surface area (Å²) in [6.45, 7) is 7.73. The van der Waals surface area contributed by atoms with Gasteiger partial charge in [0.05, 0.1) is 52.9 Å². The molecule has 9 nitrogen and oxygen atoms in total. The summed E-state index contributed by atoms with van der Waals surface area (Å²) in [6, 6.07) is 0. The summed E-state index contributed by atoms with van der Waals surface area (Å²) < 4.78 is 30.3. The van der Waals surface area contributed by atoms with Gasteiger partial charge < -0.3 is 33.6 Å². The van der Waals surface area contributed by atoms with Crippen LogP contribution in [0.15, 0.2) is 18.7 Å². The Morgan fingerprint density at radius 3 is 2.00 bits per heavy atom. The van der Waals surface area contributed by atoms with E-state index in [2.05, 4.69) is 15.5 Å². The van der Waals surface area contributed by atoms with Gasteiger partial charge in [-0.25, -0.2) is 9.13 Å². The number of nitrogens with zero attached hydrogens (tertiary/aromatic N) is 2. The van der Waals surface area contributed by atoms with Crippen LogP contribution in [0.2, 0.25) is 0 Å². The molecule has 0 aromatic carbocycles. The molecule has 1 rings (SSSR count). The zero-order valence-electron chi connectivity index (χ0n) is 16.1. The lowest BCUT2D eigenvalue weighted by molar-refractivity contribution is -0.698. The summed E-state index contributed by atoms with van der Waals surface area (Å²) in [7, 11) is 3.33. The van der Waals surface area contributed by atoms with Crippen LogP contribution < -0.4 is 9.67 Å². The second kappa shape index (κ2) is 18.3. The summed E-state index contributed by atoms with van der Waals surface area (Å²) in [6.07, 6.45) is 6.12. The molecule has 1 heterocycles. The smallest absolute Gasteiger partial charge is 0.243 e. The van der Waals surface area contributed by atoms with Crippen molar-refractivity contribution in [3.8, 4) is 0 Å². The SMILES string of the molecule is CC(=O)[O-].COCCOCCOCCn1cc[n+](CCOCCOC)c1. The van der Waals surface area contributed by atoms with Gasteiger partial charge >= 0.3 is 0 Å². The van der Waals surface area contributed by atoms with Gasteiger partial charge in [0.15, 0.2) is 0 Å². The van der Waals surface area contributed by atoms with Gasteiger partial charge in [-0.3, -0.25) is 0 Å². The maximum Gasteiger partial charge on any atom is 0.243 e. The number of hydrogen-bond acceptors (Lipinski definition) is 7. The summed E-state index contributed by atoms with van der Waals surface area (Å²) in [5, 5.41) is 8.89. The van der Waals surface area contributed by atoms with Crippen molar-refractivity contribution in [1.82, 2.24) is 4.57 Å².